The molecule has 0 radical (unpaired) electrons. The number of hydrogen-bond donors (Lipinski definition) is 5. The second-order valence-corrected chi connectivity index (χ2v) is 11.3. The van der Waals surface area contributed by atoms with Crippen LogP contribution in [0.4, 0.5) is 10.1 Å². The molecule has 2 aliphatic rings. The van der Waals surface area contributed by atoms with Gasteiger partial charge in [-0.15, -0.1) is 4.40 Å². The van der Waals surface area contributed by atoms with Crippen LogP contribution in [-0.2, 0) is 15.0 Å². The number of aliphatic hydroxyl groups is 1. The highest BCUT2D eigenvalue weighted by atomic mass is 32.3. The van der Waals surface area contributed by atoms with E-state index < -0.39 is 33.7 Å². The number of anilines is 1. The van der Waals surface area contributed by atoms with Crippen molar-refractivity contribution in [2.24, 2.45) is 10.1 Å². The minimum atomic E-state index is -3.80. The number of carbonyl (C=O) groups excluding carboxylic acids is 2. The first-order valence-corrected chi connectivity index (χ1v) is 14.1. The van der Waals surface area contributed by atoms with Crippen molar-refractivity contribution in [1.29, 1.82) is 0 Å². The smallest absolute Gasteiger partial charge is 0.241 e. The molecule has 202 valence electrons. The summed E-state index contributed by atoms with van der Waals surface area (Å²) in [6.45, 7) is 4.04. The quantitative estimate of drug-likeness (QED) is 0.234. The van der Waals surface area contributed by atoms with E-state index in [-0.39, 0.29) is 33.3 Å². The van der Waals surface area contributed by atoms with E-state index in [1.807, 2.05) is 13.8 Å². The molecule has 0 spiro atoms. The summed E-state index contributed by atoms with van der Waals surface area (Å²) >= 11 is 0. The lowest BCUT2D eigenvalue weighted by atomic mass is 9.63. The number of nitrogens with two attached hydrogens (primary N) is 1. The molecule has 0 atom stereocenters. The van der Waals surface area contributed by atoms with Gasteiger partial charge in [-0.1, -0.05) is 62.4 Å². The summed E-state index contributed by atoms with van der Waals surface area (Å²) in [4.78, 5) is 25.4. The molecule has 2 aromatic rings. The number of amidine groups is 1. The van der Waals surface area contributed by atoms with Gasteiger partial charge < -0.3 is 16.2 Å². The molecule has 1 amide bonds. The van der Waals surface area contributed by atoms with Crippen molar-refractivity contribution >= 4 is 45.8 Å². The molecule has 4 rings (SSSR count). The minimum Gasteiger partial charge on any atom is -0.506 e. The van der Waals surface area contributed by atoms with Gasteiger partial charge in [0, 0.05) is 11.6 Å². The van der Waals surface area contributed by atoms with Crippen LogP contribution in [0.5, 0.6) is 0 Å². The molecule has 0 saturated heterocycles. The predicted molar refractivity (Wildman–Crippen MR) is 149 cm³/mol. The Morgan fingerprint density at radius 1 is 1.13 bits per heavy atom. The third kappa shape index (κ3) is 4.99. The fourth-order valence-electron chi connectivity index (χ4n) is 5.12. The lowest BCUT2D eigenvalue weighted by Crippen LogP contribution is -2.44. The topological polar surface area (TPSA) is 145 Å². The van der Waals surface area contributed by atoms with Gasteiger partial charge in [0.15, 0.2) is 11.6 Å². The maximum absolute atomic E-state index is 14.4. The fraction of sp³-hybridized carbons (Fsp3) is 0.321. The number of amides is 1. The van der Waals surface area contributed by atoms with Crippen molar-refractivity contribution in [2.75, 3.05) is 5.32 Å². The van der Waals surface area contributed by atoms with Gasteiger partial charge >= 0.3 is 0 Å². The minimum absolute atomic E-state index is 0.0610. The fourth-order valence-corrected chi connectivity index (χ4v) is 6.32. The van der Waals surface area contributed by atoms with E-state index in [1.54, 1.807) is 18.2 Å². The van der Waals surface area contributed by atoms with Crippen molar-refractivity contribution in [2.45, 2.75) is 62.7 Å². The lowest BCUT2D eigenvalue weighted by molar-refractivity contribution is -0.121. The van der Waals surface area contributed by atoms with Gasteiger partial charge in [0.05, 0.1) is 11.1 Å². The number of unbranched alkanes of at least 4 members (excludes halogenated alkanes) is 2. The highest BCUT2D eigenvalue weighted by Gasteiger charge is 2.49. The van der Waals surface area contributed by atoms with Crippen LogP contribution in [0.1, 0.15) is 69.1 Å². The summed E-state index contributed by atoms with van der Waals surface area (Å²) in [5.41, 5.74) is 5.46. The summed E-state index contributed by atoms with van der Waals surface area (Å²) in [6.07, 6.45) is 6.70. The second kappa shape index (κ2) is 10.7. The Morgan fingerprint density at radius 3 is 2.45 bits per heavy atom. The third-order valence-electron chi connectivity index (χ3n) is 7.01. The molecular weight excluding hydrogens is 509 g/mol. The molecule has 2 aromatic carbocycles. The van der Waals surface area contributed by atoms with E-state index in [4.69, 9.17) is 5.73 Å². The number of carbonyl (C=O) groups is 2. The van der Waals surface area contributed by atoms with Crippen molar-refractivity contribution in [3.05, 3.63) is 70.6 Å². The van der Waals surface area contributed by atoms with E-state index in [2.05, 4.69) is 9.71 Å². The first kappa shape index (κ1) is 27.6. The van der Waals surface area contributed by atoms with Crippen LogP contribution in [0, 0.1) is 5.82 Å². The van der Waals surface area contributed by atoms with E-state index in [9.17, 15) is 28.2 Å². The number of hydrogen-bond acceptors (Lipinski definition) is 7. The molecule has 6 N–H and O–H groups in total. The number of fused-ring (bicyclic) bond motifs is 2. The van der Waals surface area contributed by atoms with E-state index in [0.717, 1.165) is 31.8 Å². The van der Waals surface area contributed by atoms with Crippen LogP contribution in [0.25, 0.3) is 11.8 Å². The highest BCUT2D eigenvalue weighted by Crippen LogP contribution is 2.57. The normalized spacial score (nSPS) is 18.4. The van der Waals surface area contributed by atoms with Gasteiger partial charge in [-0.05, 0) is 54.3 Å². The summed E-state index contributed by atoms with van der Waals surface area (Å²) in [5, 5.41) is 14.3. The maximum Gasteiger partial charge on any atom is 0.241 e. The number of nitrogens with one attached hydrogen (secondary N) is 1. The van der Waals surface area contributed by atoms with Gasteiger partial charge in [-0.2, -0.15) is 0 Å². The predicted octanol–water partition coefficient (Wildman–Crippen LogP) is 6.34. The van der Waals surface area contributed by atoms with Crippen LogP contribution >= 0.6 is 10.8 Å². The SMILES string of the molecule is CCCCC1(CCCC)C(=O)C(C2=NS(O)(O)c3cc(C=CC(N)=O)ccc3N2)=C(O)c2cc(F)ccc21. The van der Waals surface area contributed by atoms with Crippen LogP contribution in [0.3, 0.4) is 0 Å². The Morgan fingerprint density at radius 2 is 1.82 bits per heavy atom. The molecule has 38 heavy (non-hydrogen) atoms. The van der Waals surface area contributed by atoms with Gasteiger partial charge in [-0.25, -0.2) is 4.39 Å². The zero-order valence-corrected chi connectivity index (χ0v) is 22.1. The van der Waals surface area contributed by atoms with E-state index in [1.165, 1.54) is 24.3 Å². The van der Waals surface area contributed by atoms with Crippen LogP contribution < -0.4 is 11.1 Å². The van der Waals surface area contributed by atoms with Gasteiger partial charge in [0.25, 0.3) is 0 Å². The van der Waals surface area contributed by atoms with Gasteiger partial charge in [0.1, 0.15) is 22.0 Å². The highest BCUT2D eigenvalue weighted by molar-refractivity contribution is 8.23. The van der Waals surface area contributed by atoms with Gasteiger partial charge in [-0.3, -0.25) is 18.7 Å². The van der Waals surface area contributed by atoms with Crippen LogP contribution in [-0.4, -0.2) is 31.7 Å². The summed E-state index contributed by atoms with van der Waals surface area (Å²) in [5.74, 6) is -2.25. The Kier molecular flexibility index (Phi) is 7.78. The van der Waals surface area contributed by atoms with Crippen molar-refractivity contribution in [1.82, 2.24) is 0 Å². The molecule has 1 heterocycles. The molecule has 0 unspecified atom stereocenters. The number of benzene rings is 2. The van der Waals surface area contributed by atoms with Gasteiger partial charge in [0.2, 0.25) is 5.91 Å². The molecule has 8 nitrogen and oxygen atoms in total. The average Bonchev–Trinajstić information content (AvgIpc) is 2.87. The van der Waals surface area contributed by atoms with E-state index >= 15 is 0 Å². The van der Waals surface area contributed by atoms with E-state index in [0.29, 0.717) is 24.0 Å². The Hall–Kier alpha value is -3.47. The maximum atomic E-state index is 14.4. The number of rotatable bonds is 9. The number of nitrogens with zero attached hydrogens (tertiary/aromatic N) is 1. The number of halogens is 1. The summed E-state index contributed by atoms with van der Waals surface area (Å²) < 4.78 is 40.4. The second-order valence-electron chi connectivity index (χ2n) is 9.61. The molecular formula is C28H32FN3O5S. The van der Waals surface area contributed by atoms with Crippen LogP contribution in [0.15, 0.2) is 57.3 Å². The summed E-state index contributed by atoms with van der Waals surface area (Å²) in [6, 6.07) is 8.70. The third-order valence-corrected chi connectivity index (χ3v) is 8.38. The molecule has 0 saturated carbocycles. The molecule has 1 aliphatic carbocycles. The Bertz CT molecular complexity index is 1370. The molecule has 0 aromatic heterocycles. The first-order valence-electron chi connectivity index (χ1n) is 12.6. The standard InChI is InChI=1S/C28H32FN3O5S/c1-3-5-13-28(14-6-4-2)20-10-9-18(29)16-19(20)25(34)24(26(28)35)27-31-21-11-7-17(8-12-23(30)33)15-22(21)38(36,37)32-27/h7-12,15-16,34,36-37H,3-6,13-14H2,1-2H3,(H2,30,33)(H,31,32). The first-order chi connectivity index (χ1) is 18.0. The number of primary amides is 1. The zero-order chi connectivity index (χ0) is 27.7. The number of Topliss-reactive ketones (excluding diaryl/α,β-unsaturated/α-hetero) is 1. The molecule has 0 bridgehead atoms. The molecule has 10 heteroatoms. The average molecular weight is 542 g/mol. The molecule has 0 fully saturated rings. The van der Waals surface area contributed by atoms with Crippen molar-refractivity contribution in [3.8, 4) is 0 Å². The molecule has 1 aliphatic heterocycles. The summed E-state index contributed by atoms with van der Waals surface area (Å²) in [7, 11) is -3.80. The number of ketones is 1. The monoisotopic (exact) mass is 541 g/mol. The number of aliphatic hydroxyl groups excluding tert-OH is 1. The van der Waals surface area contributed by atoms with Crippen LogP contribution in [0.2, 0.25) is 0 Å². The largest absolute Gasteiger partial charge is 0.506 e. The van der Waals surface area contributed by atoms with Crippen molar-refractivity contribution < 1.29 is 28.2 Å². The lowest BCUT2D eigenvalue weighted by Gasteiger charge is -2.41. The van der Waals surface area contributed by atoms with Crippen molar-refractivity contribution in [3.63, 3.8) is 0 Å². The zero-order valence-electron chi connectivity index (χ0n) is 21.3. The Labute approximate surface area is 222 Å². The Balaban J connectivity index is 1.88.